The molecule has 1 aromatic carbocycles. The molecule has 0 unspecified atom stereocenters. The van der Waals surface area contributed by atoms with Gasteiger partial charge in [-0.2, -0.15) is 0 Å². The highest BCUT2D eigenvalue weighted by Crippen LogP contribution is 2.39. The van der Waals surface area contributed by atoms with E-state index in [1.165, 1.54) is 11.3 Å². The summed E-state index contributed by atoms with van der Waals surface area (Å²) in [6, 6.07) is 7.90. The maximum absolute atomic E-state index is 12.0. The molecule has 0 radical (unpaired) electrons. The number of carbonyl (C=O) groups is 1. The second-order valence-corrected chi connectivity index (χ2v) is 6.89. The zero-order valence-corrected chi connectivity index (χ0v) is 13.9. The molecule has 0 bridgehead atoms. The average molecular weight is 316 g/mol. The Balaban J connectivity index is 1.75. The fourth-order valence-electron chi connectivity index (χ4n) is 2.48. The van der Waals surface area contributed by atoms with E-state index < -0.39 is 0 Å². The number of rotatable bonds is 5. The lowest BCUT2D eigenvalue weighted by Crippen LogP contribution is -2.14. The summed E-state index contributed by atoms with van der Waals surface area (Å²) < 4.78 is 5.45. The predicted molar refractivity (Wildman–Crippen MR) is 89.4 cm³/mol. The van der Waals surface area contributed by atoms with Crippen molar-refractivity contribution in [1.29, 1.82) is 0 Å². The van der Waals surface area contributed by atoms with Crippen molar-refractivity contribution in [1.82, 2.24) is 4.98 Å². The van der Waals surface area contributed by atoms with Gasteiger partial charge in [0.25, 0.3) is 0 Å². The van der Waals surface area contributed by atoms with Crippen LogP contribution in [0.4, 0.5) is 5.13 Å². The zero-order valence-electron chi connectivity index (χ0n) is 13.1. The minimum atomic E-state index is 0.0968. The molecule has 1 aliphatic rings. The molecule has 1 fully saturated rings. The van der Waals surface area contributed by atoms with Gasteiger partial charge in [0.2, 0.25) is 5.91 Å². The summed E-state index contributed by atoms with van der Waals surface area (Å²) >= 11 is 1.52. The van der Waals surface area contributed by atoms with E-state index in [9.17, 15) is 4.79 Å². The number of aromatic nitrogens is 1. The van der Waals surface area contributed by atoms with Crippen molar-refractivity contribution < 1.29 is 9.53 Å². The van der Waals surface area contributed by atoms with E-state index >= 15 is 0 Å². The number of anilines is 1. The van der Waals surface area contributed by atoms with Gasteiger partial charge in [-0.25, -0.2) is 4.98 Å². The Hall–Kier alpha value is -1.88. The number of nitrogens with one attached hydrogen (secondary N) is 1. The van der Waals surface area contributed by atoms with E-state index in [1.807, 2.05) is 38.1 Å². The number of ether oxygens (including phenoxy) is 1. The predicted octanol–water partition coefficient (Wildman–Crippen LogP) is 4.11. The van der Waals surface area contributed by atoms with Crippen molar-refractivity contribution in [2.45, 2.75) is 27.2 Å². The molecule has 116 valence electrons. The summed E-state index contributed by atoms with van der Waals surface area (Å²) in [4.78, 5) is 17.7. The van der Waals surface area contributed by atoms with Crippen LogP contribution in [0.15, 0.2) is 24.3 Å². The van der Waals surface area contributed by atoms with Crippen LogP contribution in [0.1, 0.15) is 25.1 Å². The number of aryl methyl sites for hydroxylation is 1. The van der Waals surface area contributed by atoms with Crippen molar-refractivity contribution in [3.63, 3.8) is 0 Å². The third-order valence-electron chi connectivity index (χ3n) is 3.91. The Labute approximate surface area is 134 Å². The van der Waals surface area contributed by atoms with Crippen LogP contribution in [0.2, 0.25) is 0 Å². The molecule has 0 saturated heterocycles. The van der Waals surface area contributed by atoms with Crippen LogP contribution in [0.5, 0.6) is 5.75 Å². The van der Waals surface area contributed by atoms with E-state index in [0.717, 1.165) is 28.3 Å². The molecule has 22 heavy (non-hydrogen) atoms. The van der Waals surface area contributed by atoms with E-state index in [-0.39, 0.29) is 11.8 Å². The van der Waals surface area contributed by atoms with E-state index in [4.69, 9.17) is 4.74 Å². The lowest BCUT2D eigenvalue weighted by atomic mass is 10.1. The quantitative estimate of drug-likeness (QED) is 0.903. The molecular formula is C17H20N2O2S. The first-order valence-corrected chi connectivity index (χ1v) is 8.41. The van der Waals surface area contributed by atoms with Crippen LogP contribution in [0, 0.1) is 18.8 Å². The maximum atomic E-state index is 12.0. The van der Waals surface area contributed by atoms with Gasteiger partial charge in [-0.1, -0.05) is 6.92 Å². The van der Waals surface area contributed by atoms with Crippen molar-refractivity contribution in [2.24, 2.45) is 11.8 Å². The fourth-order valence-corrected chi connectivity index (χ4v) is 3.32. The van der Waals surface area contributed by atoms with Gasteiger partial charge >= 0.3 is 0 Å². The molecule has 1 aromatic heterocycles. The van der Waals surface area contributed by atoms with Crippen LogP contribution in [-0.4, -0.2) is 17.5 Å². The molecule has 2 aromatic rings. The zero-order chi connectivity index (χ0) is 15.7. The minimum Gasteiger partial charge on any atom is -0.494 e. The van der Waals surface area contributed by atoms with Gasteiger partial charge in [0.1, 0.15) is 5.75 Å². The minimum absolute atomic E-state index is 0.0968. The molecular weight excluding hydrogens is 296 g/mol. The first-order valence-electron chi connectivity index (χ1n) is 7.60. The lowest BCUT2D eigenvalue weighted by molar-refractivity contribution is -0.117. The molecule has 1 saturated carbocycles. The van der Waals surface area contributed by atoms with Gasteiger partial charge in [-0.3, -0.25) is 4.79 Å². The smallest absolute Gasteiger partial charge is 0.229 e. The van der Waals surface area contributed by atoms with Gasteiger partial charge in [-0.05, 0) is 50.5 Å². The monoisotopic (exact) mass is 316 g/mol. The Morgan fingerprint density at radius 2 is 2.09 bits per heavy atom. The molecule has 1 amide bonds. The van der Waals surface area contributed by atoms with Crippen LogP contribution in [0.25, 0.3) is 11.3 Å². The maximum Gasteiger partial charge on any atom is 0.229 e. The standard InChI is InChI=1S/C17H20N2O2S/c1-4-21-13-7-5-12(6-8-13)15-11(3)22-17(18-15)19-16(20)14-9-10(14)2/h5-8,10,14H,4,9H2,1-3H3,(H,18,19,20)/t10-,14+/m0/s1. The van der Waals surface area contributed by atoms with Crippen LogP contribution < -0.4 is 10.1 Å². The fraction of sp³-hybridized carbons (Fsp3) is 0.412. The number of amides is 1. The molecule has 1 heterocycles. The molecule has 1 aliphatic carbocycles. The largest absolute Gasteiger partial charge is 0.494 e. The van der Waals surface area contributed by atoms with E-state index in [0.29, 0.717) is 17.7 Å². The van der Waals surface area contributed by atoms with Gasteiger partial charge in [-0.15, -0.1) is 11.3 Å². The summed E-state index contributed by atoms with van der Waals surface area (Å²) in [6.07, 6.45) is 0.988. The molecule has 5 heteroatoms. The first kappa shape index (κ1) is 15.0. The SMILES string of the molecule is CCOc1ccc(-c2nc(NC(=O)[C@@H]3C[C@@H]3C)sc2C)cc1. The Bertz CT molecular complexity index is 678. The molecule has 4 nitrogen and oxygen atoms in total. The van der Waals surface area contributed by atoms with Crippen molar-refractivity contribution in [2.75, 3.05) is 11.9 Å². The van der Waals surface area contributed by atoms with E-state index in [1.54, 1.807) is 0 Å². The number of nitrogens with zero attached hydrogens (tertiary/aromatic N) is 1. The highest BCUT2D eigenvalue weighted by molar-refractivity contribution is 7.16. The number of thiazole rings is 1. The second kappa shape index (κ2) is 6.08. The topological polar surface area (TPSA) is 51.2 Å². The van der Waals surface area contributed by atoms with E-state index in [2.05, 4.69) is 17.2 Å². The van der Waals surface area contributed by atoms with Gasteiger partial charge in [0.05, 0.1) is 12.3 Å². The summed E-state index contributed by atoms with van der Waals surface area (Å²) in [5, 5.41) is 3.63. The highest BCUT2D eigenvalue weighted by atomic mass is 32.1. The number of benzene rings is 1. The van der Waals surface area contributed by atoms with Crippen LogP contribution in [-0.2, 0) is 4.79 Å². The Morgan fingerprint density at radius 1 is 1.41 bits per heavy atom. The Morgan fingerprint density at radius 3 is 2.68 bits per heavy atom. The van der Waals surface area contributed by atoms with Crippen molar-refractivity contribution in [3.8, 4) is 17.0 Å². The average Bonchev–Trinajstić information content (AvgIpc) is 3.12. The summed E-state index contributed by atoms with van der Waals surface area (Å²) in [7, 11) is 0. The van der Waals surface area contributed by atoms with Crippen LogP contribution in [0.3, 0.4) is 0 Å². The summed E-state index contributed by atoms with van der Waals surface area (Å²) in [5.74, 6) is 1.62. The number of hydrogen-bond acceptors (Lipinski definition) is 4. The molecule has 2 atom stereocenters. The van der Waals surface area contributed by atoms with Gasteiger partial charge in [0.15, 0.2) is 5.13 Å². The molecule has 0 spiro atoms. The number of carbonyl (C=O) groups excluding carboxylic acids is 1. The third-order valence-corrected chi connectivity index (χ3v) is 4.80. The van der Waals surface area contributed by atoms with Gasteiger partial charge < -0.3 is 10.1 Å². The molecule has 0 aliphatic heterocycles. The first-order chi connectivity index (χ1) is 10.6. The normalized spacial score (nSPS) is 19.8. The summed E-state index contributed by atoms with van der Waals surface area (Å²) in [5.41, 5.74) is 1.96. The van der Waals surface area contributed by atoms with Crippen LogP contribution >= 0.6 is 11.3 Å². The van der Waals surface area contributed by atoms with Crippen molar-refractivity contribution in [3.05, 3.63) is 29.1 Å². The second-order valence-electron chi connectivity index (χ2n) is 5.69. The molecule has 1 N–H and O–H groups in total. The van der Waals surface area contributed by atoms with Gasteiger partial charge in [0, 0.05) is 16.4 Å². The summed E-state index contributed by atoms with van der Waals surface area (Å²) in [6.45, 7) is 6.75. The Kier molecular flexibility index (Phi) is 4.16. The van der Waals surface area contributed by atoms with Crippen molar-refractivity contribution >= 4 is 22.4 Å². The highest BCUT2D eigenvalue weighted by Gasteiger charge is 2.39. The third kappa shape index (κ3) is 3.14. The number of hydrogen-bond donors (Lipinski definition) is 1. The molecule has 3 rings (SSSR count). The lowest BCUT2D eigenvalue weighted by Gasteiger charge is -2.04.